The maximum atomic E-state index is 12.3. The molecule has 1 heterocycles. The molecule has 0 saturated carbocycles. The van der Waals surface area contributed by atoms with E-state index in [0.717, 1.165) is 24.5 Å². The normalized spacial score (nSPS) is 11.2. The molecule has 1 aromatic heterocycles. The maximum absolute atomic E-state index is 12.3. The number of nitrogens with one attached hydrogen (secondary N) is 2. The van der Waals surface area contributed by atoms with Crippen molar-refractivity contribution in [3.63, 3.8) is 0 Å². The summed E-state index contributed by atoms with van der Waals surface area (Å²) in [5.74, 6) is -0.603. The van der Waals surface area contributed by atoms with Crippen molar-refractivity contribution < 1.29 is 9.90 Å². The predicted octanol–water partition coefficient (Wildman–Crippen LogP) is 1.54. The van der Waals surface area contributed by atoms with E-state index in [4.69, 9.17) is 10.8 Å². The highest BCUT2D eigenvalue weighted by molar-refractivity contribution is 5.99. The Balaban J connectivity index is 2.29. The zero-order valence-corrected chi connectivity index (χ0v) is 12.9. The summed E-state index contributed by atoms with van der Waals surface area (Å²) in [7, 11) is 0. The van der Waals surface area contributed by atoms with Crippen molar-refractivity contribution in [2.75, 3.05) is 0 Å². The van der Waals surface area contributed by atoms with E-state index in [0.29, 0.717) is 18.4 Å². The van der Waals surface area contributed by atoms with Crippen molar-refractivity contribution in [1.82, 2.24) is 10.3 Å². The Bertz CT molecular complexity index is 810. The van der Waals surface area contributed by atoms with Gasteiger partial charge in [0.25, 0.3) is 5.91 Å². The second kappa shape index (κ2) is 8.33. The molecule has 0 atom stereocenters. The van der Waals surface area contributed by atoms with Crippen LogP contribution in [-0.4, -0.2) is 22.3 Å². The van der Waals surface area contributed by atoms with Crippen molar-refractivity contribution >= 4 is 18.1 Å². The number of aryl methyl sites for hydroxylation is 2. The number of aliphatic imine (C=N–C) groups is 1. The highest BCUT2D eigenvalue weighted by Crippen LogP contribution is 2.14. The molecule has 0 bridgehead atoms. The standard InChI is InChI=1S/C17H18N4O3/c18-11-20-16-15(17(24)19-8-9-22)14(23)10-13(21-16)7-6-12-4-2-1-3-5-12/h1-5,8-11,22H,6-7H2,(H,19,24)(H3,18,20,21,23)/b9-8+. The molecule has 0 unspecified atom stereocenters. The minimum Gasteiger partial charge on any atom is -0.514 e. The third kappa shape index (κ3) is 4.33. The fraction of sp³-hybridized carbons (Fsp3) is 0.118. The molecule has 0 saturated heterocycles. The number of aliphatic hydroxyl groups excluding tert-OH is 1. The number of carbonyl (C=O) groups excluding carboxylic acids is 1. The average molecular weight is 326 g/mol. The highest BCUT2D eigenvalue weighted by Gasteiger charge is 2.16. The van der Waals surface area contributed by atoms with Crippen LogP contribution in [0.15, 0.2) is 58.6 Å². The number of carbonyl (C=O) groups is 1. The van der Waals surface area contributed by atoms with Crippen LogP contribution in [0.4, 0.5) is 5.82 Å². The van der Waals surface area contributed by atoms with Crippen molar-refractivity contribution in [1.29, 1.82) is 0 Å². The molecule has 24 heavy (non-hydrogen) atoms. The number of rotatable bonds is 6. The topological polar surface area (TPSA) is 121 Å². The quantitative estimate of drug-likeness (QED) is 0.365. The number of aromatic amines is 1. The van der Waals surface area contributed by atoms with Gasteiger partial charge >= 0.3 is 0 Å². The summed E-state index contributed by atoms with van der Waals surface area (Å²) in [4.78, 5) is 31.1. The number of hydrogen-bond acceptors (Lipinski definition) is 4. The smallest absolute Gasteiger partial charge is 0.263 e. The van der Waals surface area contributed by atoms with Gasteiger partial charge in [-0.25, -0.2) is 4.99 Å². The summed E-state index contributed by atoms with van der Waals surface area (Å²) < 4.78 is 0. The molecule has 0 aliphatic rings. The molecule has 0 aliphatic carbocycles. The highest BCUT2D eigenvalue weighted by atomic mass is 16.2. The largest absolute Gasteiger partial charge is 0.514 e. The molecule has 1 aromatic carbocycles. The summed E-state index contributed by atoms with van der Waals surface area (Å²) in [6.45, 7) is 0. The first kappa shape index (κ1) is 17.0. The van der Waals surface area contributed by atoms with Crippen LogP contribution in [0.5, 0.6) is 0 Å². The van der Waals surface area contributed by atoms with E-state index in [1.165, 1.54) is 6.07 Å². The fourth-order valence-corrected chi connectivity index (χ4v) is 2.23. The van der Waals surface area contributed by atoms with Gasteiger partial charge in [-0.3, -0.25) is 9.59 Å². The van der Waals surface area contributed by atoms with Gasteiger partial charge in [-0.2, -0.15) is 0 Å². The second-order valence-electron chi connectivity index (χ2n) is 4.94. The minimum absolute atomic E-state index is 0.0805. The number of pyridine rings is 1. The number of benzene rings is 1. The summed E-state index contributed by atoms with van der Waals surface area (Å²) in [5.41, 5.74) is 6.44. The molecule has 2 aromatic rings. The van der Waals surface area contributed by atoms with Crippen LogP contribution in [0.3, 0.4) is 0 Å². The van der Waals surface area contributed by atoms with Crippen molar-refractivity contribution in [3.05, 3.63) is 75.9 Å². The first-order chi connectivity index (χ1) is 11.7. The van der Waals surface area contributed by atoms with Gasteiger partial charge in [-0.1, -0.05) is 30.3 Å². The van der Waals surface area contributed by atoms with Crippen LogP contribution in [0.2, 0.25) is 0 Å². The van der Waals surface area contributed by atoms with E-state index in [9.17, 15) is 9.59 Å². The molecule has 0 spiro atoms. The van der Waals surface area contributed by atoms with Gasteiger partial charge in [0.1, 0.15) is 11.4 Å². The van der Waals surface area contributed by atoms with Gasteiger partial charge in [0.15, 0.2) is 5.43 Å². The van der Waals surface area contributed by atoms with Gasteiger partial charge in [-0.05, 0) is 18.4 Å². The number of hydrogen-bond donors (Lipinski definition) is 4. The van der Waals surface area contributed by atoms with Gasteiger partial charge in [0.05, 0.1) is 12.6 Å². The summed E-state index contributed by atoms with van der Waals surface area (Å²) in [6.07, 6.45) is 4.00. The van der Waals surface area contributed by atoms with Crippen molar-refractivity contribution in [2.24, 2.45) is 10.7 Å². The maximum Gasteiger partial charge on any atom is 0.263 e. The zero-order valence-electron chi connectivity index (χ0n) is 12.9. The summed E-state index contributed by atoms with van der Waals surface area (Å²) in [6, 6.07) is 11.2. The van der Waals surface area contributed by atoms with Crippen LogP contribution >= 0.6 is 0 Å². The SMILES string of the molecule is NC=Nc1[nH]c(CCc2ccccc2)cc(=O)c1C(=O)N/C=C/O. The number of nitrogens with two attached hydrogens (primary N) is 1. The van der Waals surface area contributed by atoms with Crippen molar-refractivity contribution in [2.45, 2.75) is 12.8 Å². The van der Waals surface area contributed by atoms with E-state index in [-0.39, 0.29) is 11.4 Å². The summed E-state index contributed by atoms with van der Waals surface area (Å²) in [5, 5.41) is 10.9. The van der Waals surface area contributed by atoms with Crippen LogP contribution in [0, 0.1) is 0 Å². The molecule has 0 aliphatic heterocycles. The third-order valence-electron chi connectivity index (χ3n) is 3.31. The lowest BCUT2D eigenvalue weighted by molar-refractivity contribution is 0.0968. The van der Waals surface area contributed by atoms with Gasteiger partial charge in [-0.15, -0.1) is 0 Å². The molecular weight excluding hydrogens is 308 g/mol. The Morgan fingerprint density at radius 1 is 1.29 bits per heavy atom. The Hall–Kier alpha value is -3.35. The molecule has 7 nitrogen and oxygen atoms in total. The number of aliphatic hydroxyl groups is 1. The van der Waals surface area contributed by atoms with Gasteiger partial charge in [0.2, 0.25) is 0 Å². The molecule has 0 fully saturated rings. The molecule has 2 rings (SSSR count). The molecule has 7 heteroatoms. The molecule has 1 amide bonds. The van der Waals surface area contributed by atoms with Crippen LogP contribution < -0.4 is 16.5 Å². The minimum atomic E-state index is -0.684. The second-order valence-corrected chi connectivity index (χ2v) is 4.94. The zero-order chi connectivity index (χ0) is 17.4. The van der Waals surface area contributed by atoms with E-state index >= 15 is 0 Å². The van der Waals surface area contributed by atoms with Crippen LogP contribution in [-0.2, 0) is 12.8 Å². The molecule has 124 valence electrons. The van der Waals surface area contributed by atoms with Crippen LogP contribution in [0.1, 0.15) is 21.6 Å². The Labute approximate surface area is 138 Å². The summed E-state index contributed by atoms with van der Waals surface area (Å²) >= 11 is 0. The monoisotopic (exact) mass is 326 g/mol. The Kier molecular flexibility index (Phi) is 5.90. The number of H-pyrrole nitrogens is 1. The Morgan fingerprint density at radius 2 is 2.04 bits per heavy atom. The van der Waals surface area contributed by atoms with E-state index in [1.807, 2.05) is 30.3 Å². The number of aromatic nitrogens is 1. The average Bonchev–Trinajstić information content (AvgIpc) is 2.59. The molecule has 5 N–H and O–H groups in total. The van der Waals surface area contributed by atoms with Gasteiger partial charge < -0.3 is 21.1 Å². The lowest BCUT2D eigenvalue weighted by Gasteiger charge is -2.08. The molecular formula is C17H18N4O3. The fourth-order valence-electron chi connectivity index (χ4n) is 2.23. The lowest BCUT2D eigenvalue weighted by atomic mass is 10.1. The number of amides is 1. The van der Waals surface area contributed by atoms with Crippen LogP contribution in [0.25, 0.3) is 0 Å². The van der Waals surface area contributed by atoms with Crippen molar-refractivity contribution in [3.8, 4) is 0 Å². The predicted molar refractivity (Wildman–Crippen MR) is 92.5 cm³/mol. The van der Waals surface area contributed by atoms with E-state index < -0.39 is 11.3 Å². The van der Waals surface area contributed by atoms with Gasteiger partial charge in [0, 0.05) is 18.0 Å². The lowest BCUT2D eigenvalue weighted by Crippen LogP contribution is -2.25. The Morgan fingerprint density at radius 3 is 2.71 bits per heavy atom. The third-order valence-corrected chi connectivity index (χ3v) is 3.31. The number of nitrogens with zero attached hydrogens (tertiary/aromatic N) is 1. The first-order valence-corrected chi connectivity index (χ1v) is 7.30. The molecule has 0 radical (unpaired) electrons. The van der Waals surface area contributed by atoms with E-state index in [2.05, 4.69) is 15.3 Å². The van der Waals surface area contributed by atoms with E-state index in [1.54, 1.807) is 0 Å². The first-order valence-electron chi connectivity index (χ1n) is 7.30.